The van der Waals surface area contributed by atoms with Gasteiger partial charge in [0.05, 0.1) is 15.5 Å². The largest absolute Gasteiger partial charge is 0.457 e. The highest BCUT2D eigenvalue weighted by Crippen LogP contribution is 2.19. The van der Waals surface area contributed by atoms with Crippen LogP contribution in [0.4, 0.5) is 4.39 Å². The number of halogens is 2. The number of rotatable bonds is 6. The predicted molar refractivity (Wildman–Crippen MR) is 87.8 cm³/mol. The Hall–Kier alpha value is -1.96. The van der Waals surface area contributed by atoms with Gasteiger partial charge in [-0.25, -0.2) is 22.3 Å². The highest BCUT2D eigenvalue weighted by molar-refractivity contribution is 7.89. The van der Waals surface area contributed by atoms with Gasteiger partial charge in [-0.1, -0.05) is 30.7 Å². The molecule has 0 radical (unpaired) electrons. The van der Waals surface area contributed by atoms with Crippen LogP contribution in [-0.2, 0) is 21.4 Å². The molecule has 2 aromatic rings. The highest BCUT2D eigenvalue weighted by atomic mass is 35.5. The topological polar surface area (TPSA) is 72.5 Å². The molecule has 2 rings (SSSR count). The van der Waals surface area contributed by atoms with Crippen molar-refractivity contribution in [3.05, 3.63) is 64.4 Å². The van der Waals surface area contributed by atoms with Gasteiger partial charge in [0.25, 0.3) is 0 Å². The van der Waals surface area contributed by atoms with Gasteiger partial charge in [0, 0.05) is 12.1 Å². The standard InChI is InChI=1S/C16H15ClFNO4S/c1-2-19-24(21,22)14-5-3-4-11(8-14)16(20)23-10-12-6-7-13(18)9-15(12)17/h3-9,19H,2,10H2,1H3. The number of sulfonamides is 1. The summed E-state index contributed by atoms with van der Waals surface area (Å²) in [7, 11) is -3.67. The van der Waals surface area contributed by atoms with Crippen molar-refractivity contribution in [2.45, 2.75) is 18.4 Å². The van der Waals surface area contributed by atoms with Crippen molar-refractivity contribution in [2.75, 3.05) is 6.54 Å². The fourth-order valence-electron chi connectivity index (χ4n) is 1.93. The third kappa shape index (κ3) is 4.53. The lowest BCUT2D eigenvalue weighted by Crippen LogP contribution is -2.23. The average molecular weight is 372 g/mol. The molecule has 0 aliphatic carbocycles. The van der Waals surface area contributed by atoms with Crippen LogP contribution in [-0.4, -0.2) is 20.9 Å². The second-order valence-electron chi connectivity index (χ2n) is 4.84. The molecule has 0 aromatic heterocycles. The van der Waals surface area contributed by atoms with Crippen LogP contribution in [0.1, 0.15) is 22.8 Å². The first-order valence-electron chi connectivity index (χ1n) is 7.04. The molecule has 128 valence electrons. The van der Waals surface area contributed by atoms with E-state index in [0.29, 0.717) is 5.56 Å². The second kappa shape index (κ2) is 7.74. The SMILES string of the molecule is CCNS(=O)(=O)c1cccc(C(=O)OCc2ccc(F)cc2Cl)c1. The molecule has 0 amide bonds. The number of hydrogen-bond acceptors (Lipinski definition) is 4. The van der Waals surface area contributed by atoms with E-state index in [-0.39, 0.29) is 28.6 Å². The first-order valence-corrected chi connectivity index (χ1v) is 8.90. The van der Waals surface area contributed by atoms with E-state index in [4.69, 9.17) is 16.3 Å². The van der Waals surface area contributed by atoms with Crippen molar-refractivity contribution in [3.63, 3.8) is 0 Å². The zero-order valence-electron chi connectivity index (χ0n) is 12.8. The molecule has 2 aromatic carbocycles. The zero-order chi connectivity index (χ0) is 17.7. The quantitative estimate of drug-likeness (QED) is 0.792. The van der Waals surface area contributed by atoms with E-state index in [2.05, 4.69) is 4.72 Å². The lowest BCUT2D eigenvalue weighted by atomic mass is 10.2. The molecular weight excluding hydrogens is 357 g/mol. The minimum Gasteiger partial charge on any atom is -0.457 e. The first-order chi connectivity index (χ1) is 11.3. The van der Waals surface area contributed by atoms with Crippen molar-refractivity contribution in [1.29, 1.82) is 0 Å². The third-order valence-electron chi connectivity index (χ3n) is 3.09. The predicted octanol–water partition coefficient (Wildman–Crippen LogP) is 3.13. The Morgan fingerprint density at radius 3 is 2.67 bits per heavy atom. The van der Waals surface area contributed by atoms with Crippen LogP contribution in [0, 0.1) is 5.82 Å². The monoisotopic (exact) mass is 371 g/mol. The van der Waals surface area contributed by atoms with Crippen LogP contribution in [0.15, 0.2) is 47.4 Å². The number of carbonyl (C=O) groups excluding carboxylic acids is 1. The highest BCUT2D eigenvalue weighted by Gasteiger charge is 2.16. The van der Waals surface area contributed by atoms with Gasteiger partial charge >= 0.3 is 5.97 Å². The van der Waals surface area contributed by atoms with Gasteiger partial charge in [0.2, 0.25) is 10.0 Å². The van der Waals surface area contributed by atoms with E-state index in [1.54, 1.807) is 6.92 Å². The van der Waals surface area contributed by atoms with Gasteiger partial charge in [-0.15, -0.1) is 0 Å². The first kappa shape index (κ1) is 18.4. The molecule has 0 bridgehead atoms. The molecule has 0 atom stereocenters. The summed E-state index contributed by atoms with van der Waals surface area (Å²) in [5, 5.41) is 0.145. The van der Waals surface area contributed by atoms with Crippen molar-refractivity contribution in [2.24, 2.45) is 0 Å². The van der Waals surface area contributed by atoms with Crippen LogP contribution in [0.5, 0.6) is 0 Å². The van der Waals surface area contributed by atoms with Gasteiger partial charge in [-0.05, 0) is 30.3 Å². The molecule has 8 heteroatoms. The molecule has 0 aliphatic rings. The summed E-state index contributed by atoms with van der Waals surface area (Å²) in [6.07, 6.45) is 0. The lowest BCUT2D eigenvalue weighted by molar-refractivity contribution is 0.0472. The molecule has 0 heterocycles. The Labute approximate surface area is 144 Å². The number of esters is 1. The van der Waals surface area contributed by atoms with Crippen molar-refractivity contribution in [1.82, 2.24) is 4.72 Å². The molecule has 0 aliphatic heterocycles. The number of carbonyl (C=O) groups is 1. The van der Waals surface area contributed by atoms with Crippen molar-refractivity contribution < 1.29 is 22.3 Å². The molecule has 1 N–H and O–H groups in total. The summed E-state index contributed by atoms with van der Waals surface area (Å²) < 4.78 is 44.3. The Morgan fingerprint density at radius 2 is 2.00 bits per heavy atom. The Kier molecular flexibility index (Phi) is 5.93. The van der Waals surface area contributed by atoms with Crippen LogP contribution in [0.25, 0.3) is 0 Å². The van der Waals surface area contributed by atoms with Crippen LogP contribution >= 0.6 is 11.6 Å². The van der Waals surface area contributed by atoms with E-state index >= 15 is 0 Å². The second-order valence-corrected chi connectivity index (χ2v) is 7.02. The minimum absolute atomic E-state index is 0.0291. The van der Waals surface area contributed by atoms with Crippen molar-refractivity contribution in [3.8, 4) is 0 Å². The maximum absolute atomic E-state index is 13.0. The van der Waals surface area contributed by atoms with Crippen molar-refractivity contribution >= 4 is 27.6 Å². The molecule has 0 saturated heterocycles. The average Bonchev–Trinajstić information content (AvgIpc) is 2.54. The Bertz CT molecular complexity index is 855. The number of nitrogens with one attached hydrogen (secondary N) is 1. The summed E-state index contributed by atoms with van der Waals surface area (Å²) >= 11 is 5.86. The summed E-state index contributed by atoms with van der Waals surface area (Å²) in [6, 6.07) is 9.24. The van der Waals surface area contributed by atoms with E-state index in [1.165, 1.54) is 36.4 Å². The number of ether oxygens (including phenoxy) is 1. The summed E-state index contributed by atoms with van der Waals surface area (Å²) in [6.45, 7) is 1.74. The van der Waals surface area contributed by atoms with Gasteiger partial charge in [-0.3, -0.25) is 0 Å². The maximum Gasteiger partial charge on any atom is 0.338 e. The fraction of sp³-hybridized carbons (Fsp3) is 0.188. The van der Waals surface area contributed by atoms with E-state index in [0.717, 1.165) is 6.07 Å². The van der Waals surface area contributed by atoms with Crippen LogP contribution in [0.2, 0.25) is 5.02 Å². The molecule has 0 spiro atoms. The lowest BCUT2D eigenvalue weighted by Gasteiger charge is -2.08. The Balaban J connectivity index is 2.13. The molecule has 24 heavy (non-hydrogen) atoms. The van der Waals surface area contributed by atoms with Gasteiger partial charge in [0.15, 0.2) is 0 Å². The van der Waals surface area contributed by atoms with E-state index in [1.807, 2.05) is 0 Å². The van der Waals surface area contributed by atoms with E-state index in [9.17, 15) is 17.6 Å². The molecular formula is C16H15ClFNO4S. The van der Waals surface area contributed by atoms with E-state index < -0.39 is 21.8 Å². The van der Waals surface area contributed by atoms with Crippen LogP contribution in [0.3, 0.4) is 0 Å². The number of hydrogen-bond donors (Lipinski definition) is 1. The summed E-state index contributed by atoms with van der Waals surface area (Å²) in [4.78, 5) is 12.0. The fourth-order valence-corrected chi connectivity index (χ4v) is 3.24. The molecule has 0 fully saturated rings. The maximum atomic E-state index is 13.0. The van der Waals surface area contributed by atoms with Gasteiger partial charge < -0.3 is 4.74 Å². The Morgan fingerprint density at radius 1 is 1.25 bits per heavy atom. The normalized spacial score (nSPS) is 11.3. The smallest absolute Gasteiger partial charge is 0.338 e. The summed E-state index contributed by atoms with van der Waals surface area (Å²) in [5.74, 6) is -1.19. The molecule has 5 nitrogen and oxygen atoms in total. The molecule has 0 saturated carbocycles. The van der Waals surface area contributed by atoms with Crippen LogP contribution < -0.4 is 4.72 Å². The van der Waals surface area contributed by atoms with Gasteiger partial charge in [-0.2, -0.15) is 0 Å². The molecule has 0 unspecified atom stereocenters. The van der Waals surface area contributed by atoms with Gasteiger partial charge in [0.1, 0.15) is 12.4 Å². The summed E-state index contributed by atoms with van der Waals surface area (Å²) in [5.41, 5.74) is 0.537. The minimum atomic E-state index is -3.67. The third-order valence-corrected chi connectivity index (χ3v) is 4.98. The number of benzene rings is 2. The zero-order valence-corrected chi connectivity index (χ0v) is 14.3.